The maximum atomic E-state index is 6.17. The van der Waals surface area contributed by atoms with E-state index in [9.17, 15) is 0 Å². The summed E-state index contributed by atoms with van der Waals surface area (Å²) in [7, 11) is 1.57. The van der Waals surface area contributed by atoms with Crippen LogP contribution in [0.4, 0.5) is 0 Å². The zero-order chi connectivity index (χ0) is 17.1. The van der Waals surface area contributed by atoms with Crippen LogP contribution in [0.5, 0.6) is 11.5 Å². The molecule has 3 aromatic rings. The number of nitrogens with one attached hydrogen (secondary N) is 1. The molecular formula is C15H11Br2ClN4O2. The van der Waals surface area contributed by atoms with Gasteiger partial charge in [0, 0.05) is 20.6 Å². The van der Waals surface area contributed by atoms with E-state index in [1.54, 1.807) is 13.2 Å². The van der Waals surface area contributed by atoms with Crippen LogP contribution >= 0.6 is 43.5 Å². The second-order valence-electron chi connectivity index (χ2n) is 4.70. The number of ether oxygens (including phenoxy) is 2. The quantitative estimate of drug-likeness (QED) is 0.584. The first-order chi connectivity index (χ1) is 11.6. The molecule has 1 heterocycles. The first-order valence-corrected chi connectivity index (χ1v) is 8.74. The second kappa shape index (κ2) is 7.50. The molecule has 0 saturated heterocycles. The molecule has 0 aliphatic carbocycles. The van der Waals surface area contributed by atoms with Crippen LogP contribution in [0.15, 0.2) is 39.3 Å². The number of hydrogen-bond acceptors (Lipinski definition) is 5. The maximum Gasteiger partial charge on any atom is 0.205 e. The Morgan fingerprint density at radius 1 is 1.21 bits per heavy atom. The predicted molar refractivity (Wildman–Crippen MR) is 97.3 cm³/mol. The minimum Gasteiger partial charge on any atom is -0.493 e. The fourth-order valence-corrected chi connectivity index (χ4v) is 3.26. The van der Waals surface area contributed by atoms with Crippen LogP contribution in [0, 0.1) is 0 Å². The van der Waals surface area contributed by atoms with Crippen LogP contribution < -0.4 is 9.47 Å². The van der Waals surface area contributed by atoms with Crippen LogP contribution in [-0.2, 0) is 6.61 Å². The van der Waals surface area contributed by atoms with Gasteiger partial charge in [-0.05, 0) is 49.2 Å². The van der Waals surface area contributed by atoms with Crippen molar-refractivity contribution in [1.82, 2.24) is 20.6 Å². The molecule has 0 aliphatic rings. The second-order valence-corrected chi connectivity index (χ2v) is 6.69. The molecule has 0 spiro atoms. The highest BCUT2D eigenvalue weighted by molar-refractivity contribution is 9.13. The maximum absolute atomic E-state index is 6.17. The number of tetrazole rings is 1. The zero-order valence-electron chi connectivity index (χ0n) is 12.4. The SMILES string of the molecule is COc1cc(-c2nn[nH]n2)c(Br)c(Br)c1OCc1ccccc1Cl. The molecule has 0 atom stereocenters. The highest BCUT2D eigenvalue weighted by atomic mass is 79.9. The number of aromatic amines is 1. The first-order valence-electron chi connectivity index (χ1n) is 6.77. The van der Waals surface area contributed by atoms with Crippen molar-refractivity contribution in [1.29, 1.82) is 0 Å². The molecule has 1 aromatic heterocycles. The Bertz CT molecular complexity index is 859. The Hall–Kier alpha value is -1.64. The summed E-state index contributed by atoms with van der Waals surface area (Å²) >= 11 is 13.2. The lowest BCUT2D eigenvalue weighted by atomic mass is 10.2. The number of H-pyrrole nitrogens is 1. The molecular weight excluding hydrogens is 463 g/mol. The van der Waals surface area contributed by atoms with E-state index >= 15 is 0 Å². The lowest BCUT2D eigenvalue weighted by molar-refractivity contribution is 0.282. The number of rotatable bonds is 5. The Labute approximate surface area is 159 Å². The van der Waals surface area contributed by atoms with Gasteiger partial charge in [-0.25, -0.2) is 0 Å². The minimum atomic E-state index is 0.308. The topological polar surface area (TPSA) is 72.9 Å². The summed E-state index contributed by atoms with van der Waals surface area (Å²) in [6, 6.07) is 9.29. The van der Waals surface area contributed by atoms with Gasteiger partial charge in [0.2, 0.25) is 5.82 Å². The molecule has 124 valence electrons. The van der Waals surface area contributed by atoms with Crippen molar-refractivity contribution in [3.63, 3.8) is 0 Å². The number of aromatic nitrogens is 4. The number of benzene rings is 2. The Morgan fingerprint density at radius 2 is 2.00 bits per heavy atom. The smallest absolute Gasteiger partial charge is 0.205 e. The van der Waals surface area contributed by atoms with Crippen LogP contribution in [0.3, 0.4) is 0 Å². The van der Waals surface area contributed by atoms with Crippen LogP contribution in [0.1, 0.15) is 5.56 Å². The molecule has 24 heavy (non-hydrogen) atoms. The number of methoxy groups -OCH3 is 1. The van der Waals surface area contributed by atoms with E-state index in [0.717, 1.165) is 15.6 Å². The fourth-order valence-electron chi connectivity index (χ4n) is 2.08. The van der Waals surface area contributed by atoms with E-state index in [1.165, 1.54) is 0 Å². The van der Waals surface area contributed by atoms with Crippen LogP contribution in [0.25, 0.3) is 11.4 Å². The molecule has 0 bridgehead atoms. The summed E-state index contributed by atoms with van der Waals surface area (Å²) < 4.78 is 12.8. The molecule has 0 radical (unpaired) electrons. The van der Waals surface area contributed by atoms with Gasteiger partial charge in [-0.15, -0.1) is 10.2 Å². The van der Waals surface area contributed by atoms with E-state index in [4.69, 9.17) is 21.1 Å². The molecule has 6 nitrogen and oxygen atoms in total. The average molecular weight is 475 g/mol. The lowest BCUT2D eigenvalue weighted by Gasteiger charge is -2.16. The fraction of sp³-hybridized carbons (Fsp3) is 0.133. The number of nitrogens with zero attached hydrogens (tertiary/aromatic N) is 3. The van der Waals surface area contributed by atoms with Crippen LogP contribution in [0.2, 0.25) is 5.02 Å². The molecule has 0 aliphatic heterocycles. The highest BCUT2D eigenvalue weighted by Crippen LogP contribution is 2.45. The predicted octanol–water partition coefficient (Wildman–Crippen LogP) is 4.63. The van der Waals surface area contributed by atoms with E-state index in [-0.39, 0.29) is 0 Å². The summed E-state index contributed by atoms with van der Waals surface area (Å²) in [5, 5.41) is 14.6. The molecule has 3 rings (SSSR count). The molecule has 2 aromatic carbocycles. The summed E-state index contributed by atoms with van der Waals surface area (Å²) in [6.45, 7) is 0.308. The van der Waals surface area contributed by atoms with Gasteiger partial charge in [-0.3, -0.25) is 0 Å². The lowest BCUT2D eigenvalue weighted by Crippen LogP contribution is -2.00. The Kier molecular flexibility index (Phi) is 5.37. The third kappa shape index (κ3) is 3.40. The average Bonchev–Trinajstić information content (AvgIpc) is 3.12. The van der Waals surface area contributed by atoms with E-state index in [2.05, 4.69) is 52.5 Å². The molecule has 0 unspecified atom stereocenters. The summed E-state index contributed by atoms with van der Waals surface area (Å²) in [5.41, 5.74) is 1.60. The van der Waals surface area contributed by atoms with Gasteiger partial charge in [-0.2, -0.15) is 5.21 Å². The van der Waals surface area contributed by atoms with Gasteiger partial charge in [0.25, 0.3) is 0 Å². The van der Waals surface area contributed by atoms with Crippen molar-refractivity contribution in [2.45, 2.75) is 6.61 Å². The van der Waals surface area contributed by atoms with Gasteiger partial charge < -0.3 is 9.47 Å². The standard InChI is InChI=1S/C15H11Br2ClN4O2/c1-23-11-6-9(15-19-21-22-20-15)12(16)13(17)14(11)24-7-8-4-2-3-5-10(8)18/h2-6H,7H2,1H3,(H,19,20,21,22). The third-order valence-electron chi connectivity index (χ3n) is 3.26. The number of halogens is 3. The Balaban J connectivity index is 1.96. The van der Waals surface area contributed by atoms with Gasteiger partial charge in [0.05, 0.1) is 11.6 Å². The van der Waals surface area contributed by atoms with Gasteiger partial charge in [-0.1, -0.05) is 29.8 Å². The van der Waals surface area contributed by atoms with Gasteiger partial charge >= 0.3 is 0 Å². The molecule has 0 amide bonds. The molecule has 0 fully saturated rings. The van der Waals surface area contributed by atoms with Crippen molar-refractivity contribution in [3.8, 4) is 22.9 Å². The van der Waals surface area contributed by atoms with E-state index in [1.807, 2.05) is 24.3 Å². The van der Waals surface area contributed by atoms with Crippen molar-refractivity contribution >= 4 is 43.5 Å². The van der Waals surface area contributed by atoms with Crippen LogP contribution in [-0.4, -0.2) is 27.7 Å². The third-order valence-corrected chi connectivity index (χ3v) is 5.74. The summed E-state index contributed by atoms with van der Waals surface area (Å²) in [4.78, 5) is 0. The number of hydrogen-bond donors (Lipinski definition) is 1. The van der Waals surface area contributed by atoms with Crippen molar-refractivity contribution in [2.24, 2.45) is 0 Å². The first kappa shape index (κ1) is 17.2. The van der Waals surface area contributed by atoms with Gasteiger partial charge in [0.15, 0.2) is 11.5 Å². The van der Waals surface area contributed by atoms with Crippen molar-refractivity contribution in [2.75, 3.05) is 7.11 Å². The summed E-state index contributed by atoms with van der Waals surface area (Å²) in [6.07, 6.45) is 0. The summed E-state index contributed by atoms with van der Waals surface area (Å²) in [5.74, 6) is 1.53. The normalized spacial score (nSPS) is 10.7. The van der Waals surface area contributed by atoms with E-state index < -0.39 is 0 Å². The minimum absolute atomic E-state index is 0.308. The Morgan fingerprint density at radius 3 is 2.67 bits per heavy atom. The largest absolute Gasteiger partial charge is 0.493 e. The van der Waals surface area contributed by atoms with E-state index in [0.29, 0.717) is 33.4 Å². The van der Waals surface area contributed by atoms with Crippen molar-refractivity contribution in [3.05, 3.63) is 49.9 Å². The molecule has 0 saturated carbocycles. The molecule has 9 heteroatoms. The highest BCUT2D eigenvalue weighted by Gasteiger charge is 2.20. The zero-order valence-corrected chi connectivity index (χ0v) is 16.3. The van der Waals surface area contributed by atoms with Crippen molar-refractivity contribution < 1.29 is 9.47 Å². The molecule has 1 N–H and O–H groups in total. The monoisotopic (exact) mass is 472 g/mol. The van der Waals surface area contributed by atoms with Gasteiger partial charge in [0.1, 0.15) is 6.61 Å².